The SMILES string of the molecule is CCOC(=O)N(C=N)c1cccc(-n2nc(C(F)(F)F)cc2C(=O)Nc2cc(C(N)(CCC3CC3)c3cccnc3)ccc2F)c1.Cl. The first kappa shape index (κ1) is 35.0. The third-order valence-corrected chi connectivity index (χ3v) is 7.73. The van der Waals surface area contributed by atoms with E-state index in [0.717, 1.165) is 34.9 Å². The summed E-state index contributed by atoms with van der Waals surface area (Å²) < 4.78 is 62.2. The van der Waals surface area contributed by atoms with Gasteiger partial charge in [0.1, 0.15) is 11.5 Å². The predicted octanol–water partition coefficient (Wildman–Crippen LogP) is 7.06. The second-order valence-electron chi connectivity index (χ2n) is 10.9. The lowest BCUT2D eigenvalue weighted by atomic mass is 9.80. The van der Waals surface area contributed by atoms with Gasteiger partial charge in [0.05, 0.1) is 35.5 Å². The van der Waals surface area contributed by atoms with Gasteiger partial charge in [0.25, 0.3) is 5.91 Å². The summed E-state index contributed by atoms with van der Waals surface area (Å²) in [5, 5.41) is 13.6. The average Bonchev–Trinajstić information content (AvgIpc) is 3.75. The minimum atomic E-state index is -4.92. The zero-order valence-electron chi connectivity index (χ0n) is 25.1. The second kappa shape index (κ2) is 14.3. The van der Waals surface area contributed by atoms with Crippen molar-refractivity contribution in [3.05, 3.63) is 101 Å². The Morgan fingerprint density at radius 1 is 1.13 bits per heavy atom. The van der Waals surface area contributed by atoms with Gasteiger partial charge in [-0.25, -0.2) is 18.8 Å². The molecule has 0 saturated heterocycles. The molecule has 1 aliphatic carbocycles. The molecule has 2 aromatic carbocycles. The van der Waals surface area contributed by atoms with Gasteiger partial charge in [-0.15, -0.1) is 12.4 Å². The molecule has 47 heavy (non-hydrogen) atoms. The van der Waals surface area contributed by atoms with Gasteiger partial charge >= 0.3 is 12.3 Å². The molecule has 10 nitrogen and oxygen atoms in total. The van der Waals surface area contributed by atoms with Crippen LogP contribution in [0.15, 0.2) is 73.1 Å². The number of rotatable bonds is 11. The highest BCUT2D eigenvalue weighted by Gasteiger charge is 2.37. The van der Waals surface area contributed by atoms with Crippen molar-refractivity contribution in [3.63, 3.8) is 0 Å². The van der Waals surface area contributed by atoms with Crippen LogP contribution < -0.4 is 16.0 Å². The molecule has 4 aromatic rings. The van der Waals surface area contributed by atoms with Crippen LogP contribution in [0.5, 0.6) is 0 Å². The number of aromatic nitrogens is 3. The van der Waals surface area contributed by atoms with Crippen LogP contribution in [-0.4, -0.2) is 39.7 Å². The largest absolute Gasteiger partial charge is 0.449 e. The Morgan fingerprint density at radius 3 is 2.53 bits per heavy atom. The van der Waals surface area contributed by atoms with E-state index >= 15 is 4.39 Å². The summed E-state index contributed by atoms with van der Waals surface area (Å²) in [6, 6.07) is 13.6. The summed E-state index contributed by atoms with van der Waals surface area (Å²) in [6.07, 6.45) is 1.67. The fraction of sp³-hybridized carbons (Fsp3) is 0.281. The van der Waals surface area contributed by atoms with E-state index in [1.165, 1.54) is 36.4 Å². The maximum absolute atomic E-state index is 15.2. The van der Waals surface area contributed by atoms with Crippen molar-refractivity contribution in [2.24, 2.45) is 11.7 Å². The molecule has 2 heterocycles. The number of hydrogen-bond acceptors (Lipinski definition) is 7. The Hall–Kier alpha value is -4.82. The predicted molar refractivity (Wildman–Crippen MR) is 170 cm³/mol. The van der Waals surface area contributed by atoms with E-state index in [2.05, 4.69) is 15.4 Å². The third kappa shape index (κ3) is 7.77. The number of ether oxygens (including phenoxy) is 1. The molecule has 2 amide bonds. The smallest absolute Gasteiger partial charge is 0.435 e. The van der Waals surface area contributed by atoms with Crippen molar-refractivity contribution in [3.8, 4) is 5.69 Å². The monoisotopic (exact) mass is 673 g/mol. The van der Waals surface area contributed by atoms with Crippen molar-refractivity contribution in [1.82, 2.24) is 14.8 Å². The topological polar surface area (TPSA) is 139 Å². The Balaban J connectivity index is 0.00000500. The van der Waals surface area contributed by atoms with Gasteiger partial charge in [-0.05, 0) is 73.2 Å². The quantitative estimate of drug-likeness (QED) is 0.0885. The minimum absolute atomic E-state index is 0. The third-order valence-electron chi connectivity index (χ3n) is 7.73. The highest BCUT2D eigenvalue weighted by Crippen LogP contribution is 2.40. The first-order chi connectivity index (χ1) is 21.9. The molecule has 0 bridgehead atoms. The first-order valence-electron chi connectivity index (χ1n) is 14.5. The minimum Gasteiger partial charge on any atom is -0.449 e. The number of carbonyl (C=O) groups excluding carboxylic acids is 2. The molecular weight excluding hydrogens is 642 g/mol. The number of nitrogens with zero attached hydrogens (tertiary/aromatic N) is 4. The highest BCUT2D eigenvalue weighted by atomic mass is 35.5. The number of hydrogen-bond donors (Lipinski definition) is 3. The molecule has 1 fully saturated rings. The first-order valence-corrected chi connectivity index (χ1v) is 14.5. The molecule has 0 spiro atoms. The van der Waals surface area contributed by atoms with E-state index in [0.29, 0.717) is 35.9 Å². The van der Waals surface area contributed by atoms with Gasteiger partial charge in [-0.3, -0.25) is 15.2 Å². The van der Waals surface area contributed by atoms with Crippen LogP contribution in [0, 0.1) is 17.1 Å². The summed E-state index contributed by atoms with van der Waals surface area (Å²) in [4.78, 5) is 30.9. The molecule has 1 aliphatic rings. The summed E-state index contributed by atoms with van der Waals surface area (Å²) >= 11 is 0. The van der Waals surface area contributed by atoms with E-state index < -0.39 is 40.9 Å². The molecule has 0 aliphatic heterocycles. The number of nitrogens with one attached hydrogen (secondary N) is 2. The zero-order chi connectivity index (χ0) is 33.1. The number of benzene rings is 2. The van der Waals surface area contributed by atoms with Gasteiger partial charge in [0.15, 0.2) is 5.69 Å². The summed E-state index contributed by atoms with van der Waals surface area (Å²) in [5.74, 6) is -1.36. The molecule has 15 heteroatoms. The number of anilines is 2. The van der Waals surface area contributed by atoms with Crippen LogP contribution in [0.3, 0.4) is 0 Å². The standard InChI is InChI=1S/C32H31F4N7O3.ClH/c1-2-46-30(45)42(19-37)23-6-3-7-24(16-23)43-27(17-28(41-43)32(34,35)36)29(44)40-26-15-21(10-11-25(26)33)31(38,13-12-20-8-9-20)22-5-4-14-39-18-22;/h3-7,10-11,14-20,37H,2,8-9,12-13,38H2,1H3,(H,40,44);1H. The number of halogens is 5. The van der Waals surface area contributed by atoms with Gasteiger partial charge < -0.3 is 15.8 Å². The summed E-state index contributed by atoms with van der Waals surface area (Å²) in [6.45, 7) is 1.59. The molecule has 5 rings (SSSR count). The van der Waals surface area contributed by atoms with Gasteiger partial charge in [-0.2, -0.15) is 18.3 Å². The molecule has 2 aromatic heterocycles. The van der Waals surface area contributed by atoms with Crippen LogP contribution in [0.2, 0.25) is 0 Å². The fourth-order valence-electron chi connectivity index (χ4n) is 5.08. The van der Waals surface area contributed by atoms with E-state index in [4.69, 9.17) is 15.9 Å². The van der Waals surface area contributed by atoms with Crippen molar-refractivity contribution < 1.29 is 31.9 Å². The lowest BCUT2D eigenvalue weighted by molar-refractivity contribution is -0.141. The number of nitrogens with two attached hydrogens (primary N) is 1. The number of carbonyl (C=O) groups is 2. The van der Waals surface area contributed by atoms with Crippen molar-refractivity contribution in [1.29, 1.82) is 5.41 Å². The normalized spacial score (nSPS) is 14.0. The van der Waals surface area contributed by atoms with Crippen molar-refractivity contribution in [2.75, 3.05) is 16.8 Å². The average molecular weight is 674 g/mol. The highest BCUT2D eigenvalue weighted by molar-refractivity contribution is 6.05. The lowest BCUT2D eigenvalue weighted by Gasteiger charge is -2.31. The van der Waals surface area contributed by atoms with E-state index in [-0.39, 0.29) is 36.1 Å². The maximum Gasteiger partial charge on any atom is 0.435 e. The zero-order valence-corrected chi connectivity index (χ0v) is 25.9. The lowest BCUT2D eigenvalue weighted by Crippen LogP contribution is -2.38. The molecular formula is C32H32ClF4N7O3. The van der Waals surface area contributed by atoms with Crippen LogP contribution >= 0.6 is 12.4 Å². The van der Waals surface area contributed by atoms with Gasteiger partial charge in [0.2, 0.25) is 0 Å². The van der Waals surface area contributed by atoms with E-state index in [9.17, 15) is 22.8 Å². The molecule has 248 valence electrons. The Labute approximate surface area is 273 Å². The fourth-order valence-corrected chi connectivity index (χ4v) is 5.08. The maximum atomic E-state index is 15.2. The van der Waals surface area contributed by atoms with E-state index in [1.54, 1.807) is 25.4 Å². The van der Waals surface area contributed by atoms with Gasteiger partial charge in [-0.1, -0.05) is 31.0 Å². The van der Waals surface area contributed by atoms with Gasteiger partial charge in [0, 0.05) is 18.5 Å². The Bertz CT molecular complexity index is 1750. The van der Waals surface area contributed by atoms with Crippen LogP contribution in [0.1, 0.15) is 59.9 Å². The summed E-state index contributed by atoms with van der Waals surface area (Å²) in [5.41, 5.74) is 4.86. The molecule has 1 atom stereocenters. The van der Waals surface area contributed by atoms with Crippen LogP contribution in [0.4, 0.5) is 33.7 Å². The number of pyridine rings is 1. The van der Waals surface area contributed by atoms with Crippen LogP contribution in [0.25, 0.3) is 5.69 Å². The molecule has 1 unspecified atom stereocenters. The molecule has 4 N–H and O–H groups in total. The number of alkyl halides is 3. The summed E-state index contributed by atoms with van der Waals surface area (Å²) in [7, 11) is 0. The van der Waals surface area contributed by atoms with E-state index in [1.807, 2.05) is 6.07 Å². The van der Waals surface area contributed by atoms with Crippen LogP contribution in [-0.2, 0) is 16.5 Å². The number of amides is 2. The Morgan fingerprint density at radius 2 is 1.89 bits per heavy atom. The second-order valence-corrected chi connectivity index (χ2v) is 10.9. The molecule has 1 saturated carbocycles. The van der Waals surface area contributed by atoms with Crippen molar-refractivity contribution in [2.45, 2.75) is 44.3 Å². The van der Waals surface area contributed by atoms with Crippen molar-refractivity contribution >= 4 is 42.1 Å². The molecule has 0 radical (unpaired) electrons. The Kier molecular flexibility index (Phi) is 10.7.